The van der Waals surface area contributed by atoms with E-state index in [1.54, 1.807) is 19.1 Å². The molecule has 1 aliphatic rings. The number of hydrogen-bond acceptors (Lipinski definition) is 2. The number of carbonyl (C=O) groups excluding carboxylic acids is 1. The Kier molecular flexibility index (Phi) is 2.30. The molecule has 16 heavy (non-hydrogen) atoms. The van der Waals surface area contributed by atoms with Gasteiger partial charge in [0.15, 0.2) is 0 Å². The second-order valence-corrected chi connectivity index (χ2v) is 4.22. The summed E-state index contributed by atoms with van der Waals surface area (Å²) in [6, 6.07) is 4.64. The highest BCUT2D eigenvalue weighted by Crippen LogP contribution is 2.43. The van der Waals surface area contributed by atoms with E-state index in [0.717, 1.165) is 0 Å². The summed E-state index contributed by atoms with van der Waals surface area (Å²) in [7, 11) is 0. The summed E-state index contributed by atoms with van der Waals surface area (Å²) in [5.74, 6) is -1.78. The standard InChI is InChI=1S/C12H11FO3/c1-7-3-2-4-9(10(7)13)12(11(15)16)5-8(14)6-12/h2-4H,5-6H2,1H3,(H,15,16). The lowest BCUT2D eigenvalue weighted by atomic mass is 9.63. The second-order valence-electron chi connectivity index (χ2n) is 4.22. The van der Waals surface area contributed by atoms with Gasteiger partial charge >= 0.3 is 5.97 Å². The molecule has 0 heterocycles. The van der Waals surface area contributed by atoms with Crippen LogP contribution in [0.5, 0.6) is 0 Å². The predicted octanol–water partition coefficient (Wildman–Crippen LogP) is 1.82. The van der Waals surface area contributed by atoms with Crippen molar-refractivity contribution in [1.82, 2.24) is 0 Å². The molecule has 2 rings (SSSR count). The van der Waals surface area contributed by atoms with Gasteiger partial charge in [0.25, 0.3) is 0 Å². The number of carboxylic acids is 1. The van der Waals surface area contributed by atoms with Crippen molar-refractivity contribution in [2.75, 3.05) is 0 Å². The number of halogens is 1. The Morgan fingerprint density at radius 3 is 2.56 bits per heavy atom. The van der Waals surface area contributed by atoms with Crippen LogP contribution in [0.1, 0.15) is 24.0 Å². The first-order valence-corrected chi connectivity index (χ1v) is 4.98. The lowest BCUT2D eigenvalue weighted by Gasteiger charge is -2.36. The zero-order valence-electron chi connectivity index (χ0n) is 8.79. The zero-order valence-corrected chi connectivity index (χ0v) is 8.79. The third kappa shape index (κ3) is 1.33. The molecular weight excluding hydrogens is 211 g/mol. The van der Waals surface area contributed by atoms with Crippen molar-refractivity contribution in [3.63, 3.8) is 0 Å². The summed E-state index contributed by atoms with van der Waals surface area (Å²) >= 11 is 0. The number of carboxylic acid groups (broad SMARTS) is 1. The number of hydrogen-bond donors (Lipinski definition) is 1. The summed E-state index contributed by atoms with van der Waals surface area (Å²) in [4.78, 5) is 22.2. The van der Waals surface area contributed by atoms with Gasteiger partial charge in [0.2, 0.25) is 0 Å². The molecule has 0 saturated heterocycles. The third-order valence-corrected chi connectivity index (χ3v) is 3.11. The number of aliphatic carboxylic acids is 1. The summed E-state index contributed by atoms with van der Waals surface area (Å²) in [6.07, 6.45) is -0.217. The molecule has 0 spiro atoms. The maximum atomic E-state index is 13.8. The Bertz CT molecular complexity index is 471. The van der Waals surface area contributed by atoms with Crippen LogP contribution in [-0.4, -0.2) is 16.9 Å². The van der Waals surface area contributed by atoms with Crippen molar-refractivity contribution in [3.05, 3.63) is 35.1 Å². The van der Waals surface area contributed by atoms with E-state index in [0.29, 0.717) is 5.56 Å². The zero-order chi connectivity index (χ0) is 11.9. The van der Waals surface area contributed by atoms with E-state index < -0.39 is 17.2 Å². The highest BCUT2D eigenvalue weighted by Gasteiger charge is 2.52. The summed E-state index contributed by atoms with van der Waals surface area (Å²) in [6.45, 7) is 1.58. The maximum Gasteiger partial charge on any atom is 0.315 e. The van der Waals surface area contributed by atoms with E-state index in [2.05, 4.69) is 0 Å². The fourth-order valence-corrected chi connectivity index (χ4v) is 2.10. The van der Waals surface area contributed by atoms with E-state index in [4.69, 9.17) is 5.11 Å². The van der Waals surface area contributed by atoms with Crippen LogP contribution in [0.3, 0.4) is 0 Å². The molecule has 1 aromatic rings. The lowest BCUT2D eigenvalue weighted by molar-refractivity contribution is -0.153. The van der Waals surface area contributed by atoms with Crippen molar-refractivity contribution in [1.29, 1.82) is 0 Å². The summed E-state index contributed by atoms with van der Waals surface area (Å²) < 4.78 is 13.8. The normalized spacial score (nSPS) is 18.0. The van der Waals surface area contributed by atoms with Gasteiger partial charge in [-0.05, 0) is 12.5 Å². The van der Waals surface area contributed by atoms with Gasteiger partial charge in [-0.1, -0.05) is 18.2 Å². The second kappa shape index (κ2) is 3.40. The van der Waals surface area contributed by atoms with Crippen LogP contribution in [0.4, 0.5) is 4.39 Å². The quantitative estimate of drug-likeness (QED) is 0.830. The fourth-order valence-electron chi connectivity index (χ4n) is 2.10. The minimum absolute atomic E-state index is 0.108. The van der Waals surface area contributed by atoms with Crippen LogP contribution < -0.4 is 0 Å². The first-order chi connectivity index (χ1) is 7.47. The summed E-state index contributed by atoms with van der Waals surface area (Å²) in [5, 5.41) is 9.15. The van der Waals surface area contributed by atoms with Crippen molar-refractivity contribution in [2.24, 2.45) is 0 Å². The molecule has 1 aromatic carbocycles. The molecule has 0 aromatic heterocycles. The molecule has 4 heteroatoms. The van der Waals surface area contributed by atoms with Crippen LogP contribution in [0.15, 0.2) is 18.2 Å². The van der Waals surface area contributed by atoms with Gasteiger partial charge in [0.1, 0.15) is 17.0 Å². The molecule has 84 valence electrons. The number of carbonyl (C=O) groups is 2. The average Bonchev–Trinajstić information content (AvgIpc) is 2.17. The highest BCUT2D eigenvalue weighted by molar-refractivity contribution is 6.01. The highest BCUT2D eigenvalue weighted by atomic mass is 19.1. The Labute approximate surface area is 91.9 Å². The molecule has 0 amide bonds. The monoisotopic (exact) mass is 222 g/mol. The van der Waals surface area contributed by atoms with Gasteiger partial charge < -0.3 is 5.11 Å². The smallest absolute Gasteiger partial charge is 0.315 e. The molecular formula is C12H11FO3. The molecule has 1 saturated carbocycles. The van der Waals surface area contributed by atoms with Crippen LogP contribution >= 0.6 is 0 Å². The number of aryl methyl sites for hydroxylation is 1. The van der Waals surface area contributed by atoms with Crippen LogP contribution in [-0.2, 0) is 15.0 Å². The Morgan fingerprint density at radius 2 is 2.06 bits per heavy atom. The van der Waals surface area contributed by atoms with Crippen LogP contribution in [0.2, 0.25) is 0 Å². The number of rotatable bonds is 2. The van der Waals surface area contributed by atoms with Gasteiger partial charge in [0.05, 0.1) is 0 Å². The maximum absolute atomic E-state index is 13.8. The van der Waals surface area contributed by atoms with Crippen molar-refractivity contribution < 1.29 is 19.1 Å². The molecule has 1 N–H and O–H groups in total. The van der Waals surface area contributed by atoms with Crippen molar-refractivity contribution in [3.8, 4) is 0 Å². The Morgan fingerprint density at radius 1 is 1.44 bits per heavy atom. The molecule has 0 atom stereocenters. The molecule has 3 nitrogen and oxygen atoms in total. The molecule has 1 fully saturated rings. The van der Waals surface area contributed by atoms with Crippen LogP contribution in [0, 0.1) is 12.7 Å². The first-order valence-electron chi connectivity index (χ1n) is 4.98. The largest absolute Gasteiger partial charge is 0.481 e. The van der Waals surface area contributed by atoms with Gasteiger partial charge in [-0.3, -0.25) is 9.59 Å². The van der Waals surface area contributed by atoms with E-state index >= 15 is 0 Å². The van der Waals surface area contributed by atoms with E-state index in [1.807, 2.05) is 0 Å². The van der Waals surface area contributed by atoms with E-state index in [9.17, 15) is 14.0 Å². The molecule has 1 aliphatic carbocycles. The van der Waals surface area contributed by atoms with E-state index in [1.165, 1.54) is 6.07 Å². The van der Waals surface area contributed by atoms with E-state index in [-0.39, 0.29) is 24.2 Å². The fraction of sp³-hybridized carbons (Fsp3) is 0.333. The number of benzene rings is 1. The third-order valence-electron chi connectivity index (χ3n) is 3.11. The molecule has 0 unspecified atom stereocenters. The molecule has 0 aliphatic heterocycles. The van der Waals surface area contributed by atoms with Gasteiger partial charge in [0, 0.05) is 18.4 Å². The van der Waals surface area contributed by atoms with Crippen molar-refractivity contribution >= 4 is 11.8 Å². The average molecular weight is 222 g/mol. The number of ketones is 1. The summed E-state index contributed by atoms with van der Waals surface area (Å²) in [5.41, 5.74) is -0.815. The van der Waals surface area contributed by atoms with Gasteiger partial charge in [-0.2, -0.15) is 0 Å². The first kappa shape index (κ1) is 10.8. The molecule has 0 bridgehead atoms. The Hall–Kier alpha value is -1.71. The molecule has 0 radical (unpaired) electrons. The SMILES string of the molecule is Cc1cccc(C2(C(=O)O)CC(=O)C2)c1F. The topological polar surface area (TPSA) is 54.4 Å². The Balaban J connectivity index is 2.53. The van der Waals surface area contributed by atoms with Crippen LogP contribution in [0.25, 0.3) is 0 Å². The van der Waals surface area contributed by atoms with Crippen molar-refractivity contribution in [2.45, 2.75) is 25.2 Å². The van der Waals surface area contributed by atoms with Gasteiger partial charge in [-0.25, -0.2) is 4.39 Å². The number of Topliss-reactive ketones (excluding diaryl/α,β-unsaturated/α-hetero) is 1. The minimum Gasteiger partial charge on any atom is -0.481 e. The lowest BCUT2D eigenvalue weighted by Crippen LogP contribution is -2.48. The predicted molar refractivity (Wildman–Crippen MR) is 54.7 cm³/mol. The minimum atomic E-state index is -1.34. The van der Waals surface area contributed by atoms with Gasteiger partial charge in [-0.15, -0.1) is 0 Å².